The van der Waals surface area contributed by atoms with Crippen LogP contribution >= 0.6 is 0 Å². The Bertz CT molecular complexity index is 821. The number of ether oxygens (including phenoxy) is 2. The van der Waals surface area contributed by atoms with Crippen LogP contribution in [0.3, 0.4) is 0 Å². The van der Waals surface area contributed by atoms with Crippen LogP contribution in [0.2, 0.25) is 0 Å². The minimum absolute atomic E-state index is 0.0630. The summed E-state index contributed by atoms with van der Waals surface area (Å²) in [4.78, 5) is 15.3. The molecule has 10 heteroatoms. The van der Waals surface area contributed by atoms with E-state index in [4.69, 9.17) is 19.2 Å². The normalized spacial score (nSPS) is 12.9. The summed E-state index contributed by atoms with van der Waals surface area (Å²) >= 11 is 0. The largest absolute Gasteiger partial charge is 0.464 e. The third-order valence-corrected chi connectivity index (χ3v) is 5.71. The first-order valence-electron chi connectivity index (χ1n) is 10.3. The number of nitrogens with zero attached hydrogens (tertiary/aromatic N) is 3. The molecule has 0 spiro atoms. The van der Waals surface area contributed by atoms with Gasteiger partial charge in [0, 0.05) is 16.9 Å². The van der Waals surface area contributed by atoms with Crippen molar-refractivity contribution in [2.45, 2.75) is 53.2 Å². The molecule has 0 aromatic heterocycles. The molecule has 31 heavy (non-hydrogen) atoms. The quantitative estimate of drug-likeness (QED) is 0.0972. The smallest absolute Gasteiger partial charge is 0.335 e. The van der Waals surface area contributed by atoms with E-state index in [0.29, 0.717) is 12.3 Å². The van der Waals surface area contributed by atoms with Crippen molar-refractivity contribution < 1.29 is 26.9 Å². The summed E-state index contributed by atoms with van der Waals surface area (Å²) in [6.07, 6.45) is -0.149. The van der Waals surface area contributed by atoms with Gasteiger partial charge in [0.25, 0.3) is 10.1 Å². The van der Waals surface area contributed by atoms with E-state index in [0.717, 1.165) is 5.56 Å². The van der Waals surface area contributed by atoms with Crippen LogP contribution in [0.15, 0.2) is 35.4 Å². The van der Waals surface area contributed by atoms with Gasteiger partial charge in [0.15, 0.2) is 6.10 Å². The highest BCUT2D eigenvalue weighted by Gasteiger charge is 2.39. The molecule has 0 saturated heterocycles. The zero-order valence-corrected chi connectivity index (χ0v) is 19.5. The fourth-order valence-corrected chi connectivity index (χ4v) is 3.65. The summed E-state index contributed by atoms with van der Waals surface area (Å²) < 4.78 is 40.7. The minimum atomic E-state index is -3.84. The number of esters is 1. The van der Waals surface area contributed by atoms with E-state index in [1.165, 1.54) is 0 Å². The third-order valence-electron chi connectivity index (χ3n) is 4.45. The fraction of sp³-hybridized carbons (Fsp3) is 0.667. The molecule has 0 amide bonds. The lowest BCUT2D eigenvalue weighted by molar-refractivity contribution is -0.169. The second kappa shape index (κ2) is 13.3. The lowest BCUT2D eigenvalue weighted by atomic mass is 9.87. The van der Waals surface area contributed by atoms with Crippen molar-refractivity contribution in [1.82, 2.24) is 0 Å². The monoisotopic (exact) mass is 455 g/mol. The highest BCUT2D eigenvalue weighted by molar-refractivity contribution is 7.86. The molecular formula is C21H33N3O6S. The molecule has 1 atom stereocenters. The first-order valence-corrected chi connectivity index (χ1v) is 11.9. The molecule has 0 aliphatic carbocycles. The van der Waals surface area contributed by atoms with E-state index in [1.54, 1.807) is 13.8 Å². The van der Waals surface area contributed by atoms with E-state index in [2.05, 4.69) is 10.0 Å². The van der Waals surface area contributed by atoms with E-state index >= 15 is 0 Å². The molecule has 9 nitrogen and oxygen atoms in total. The summed E-state index contributed by atoms with van der Waals surface area (Å²) in [7, 11) is -3.84. The summed E-state index contributed by atoms with van der Waals surface area (Å²) in [6, 6.07) is 9.36. The van der Waals surface area contributed by atoms with Gasteiger partial charge in [-0.3, -0.25) is 4.18 Å². The molecule has 0 N–H and O–H groups in total. The Morgan fingerprint density at radius 3 is 2.52 bits per heavy atom. The van der Waals surface area contributed by atoms with Gasteiger partial charge in [-0.1, -0.05) is 63.1 Å². The van der Waals surface area contributed by atoms with E-state index in [-0.39, 0.29) is 38.5 Å². The maximum atomic E-state index is 12.8. The SMILES string of the molecule is CC(C)CCOC(=O)[C@H](OCc1ccccc1)C(C)(C)COS(=O)(=O)CCCN=[N+]=[N-]. The van der Waals surface area contributed by atoms with Gasteiger partial charge in [-0.05, 0) is 29.9 Å². The standard InChI is InChI=1S/C21H33N3O6S/c1-17(2)11-13-28-20(25)19(29-15-18-9-6-5-7-10-18)21(3,4)16-30-31(26,27)14-8-12-23-24-22/h5-7,9-10,17,19H,8,11-16H2,1-4H3/t19-/m0/s1. The van der Waals surface area contributed by atoms with Crippen LogP contribution in [0.5, 0.6) is 0 Å². The average molecular weight is 456 g/mol. The maximum Gasteiger partial charge on any atom is 0.335 e. The Balaban J connectivity index is 2.81. The number of benzene rings is 1. The summed E-state index contributed by atoms with van der Waals surface area (Å²) in [5.41, 5.74) is 8.17. The molecule has 0 radical (unpaired) electrons. The number of azide groups is 1. The van der Waals surface area contributed by atoms with Crippen LogP contribution in [0.25, 0.3) is 10.4 Å². The Hall–Kier alpha value is -2.13. The highest BCUT2D eigenvalue weighted by atomic mass is 32.2. The first-order chi connectivity index (χ1) is 14.6. The van der Waals surface area contributed by atoms with Crippen LogP contribution in [0.1, 0.15) is 46.1 Å². The lowest BCUT2D eigenvalue weighted by Crippen LogP contribution is -2.43. The van der Waals surface area contributed by atoms with Gasteiger partial charge in [0.2, 0.25) is 0 Å². The highest BCUT2D eigenvalue weighted by Crippen LogP contribution is 2.27. The summed E-state index contributed by atoms with van der Waals surface area (Å²) in [5.74, 6) is -0.453. The van der Waals surface area contributed by atoms with Crippen molar-refractivity contribution in [1.29, 1.82) is 0 Å². The predicted molar refractivity (Wildman–Crippen MR) is 118 cm³/mol. The van der Waals surface area contributed by atoms with Gasteiger partial charge in [-0.25, -0.2) is 4.79 Å². The molecule has 0 heterocycles. The van der Waals surface area contributed by atoms with Crippen molar-refractivity contribution in [2.75, 3.05) is 25.5 Å². The van der Waals surface area contributed by atoms with Crippen LogP contribution in [0, 0.1) is 11.3 Å². The van der Waals surface area contributed by atoms with Gasteiger partial charge in [0.05, 0.1) is 25.6 Å². The number of carbonyl (C=O) groups is 1. The molecule has 0 bridgehead atoms. The molecular weight excluding hydrogens is 422 g/mol. The van der Waals surface area contributed by atoms with Crippen LogP contribution < -0.4 is 0 Å². The van der Waals surface area contributed by atoms with Gasteiger partial charge in [-0.2, -0.15) is 8.42 Å². The Labute approximate surface area is 184 Å². The second-order valence-corrected chi connectivity index (χ2v) is 10.1. The molecule has 1 rings (SSSR count). The number of hydrogen-bond donors (Lipinski definition) is 0. The molecule has 174 valence electrons. The van der Waals surface area contributed by atoms with Gasteiger partial charge >= 0.3 is 5.97 Å². The number of hydrogen-bond acceptors (Lipinski definition) is 7. The molecule has 0 unspecified atom stereocenters. The first kappa shape index (κ1) is 26.9. The van der Waals surface area contributed by atoms with Crippen molar-refractivity contribution >= 4 is 16.1 Å². The van der Waals surface area contributed by atoms with E-state index < -0.39 is 27.6 Å². The average Bonchev–Trinajstić information content (AvgIpc) is 2.70. The molecule has 0 aliphatic rings. The summed E-state index contributed by atoms with van der Waals surface area (Å²) in [5, 5.41) is 3.31. The zero-order chi connectivity index (χ0) is 23.3. The predicted octanol–water partition coefficient (Wildman–Crippen LogP) is 4.23. The molecule has 1 aromatic carbocycles. The Morgan fingerprint density at radius 1 is 1.23 bits per heavy atom. The van der Waals surface area contributed by atoms with Crippen molar-refractivity contribution in [3.63, 3.8) is 0 Å². The lowest BCUT2D eigenvalue weighted by Gasteiger charge is -2.32. The van der Waals surface area contributed by atoms with Crippen molar-refractivity contribution in [3.8, 4) is 0 Å². The van der Waals surface area contributed by atoms with E-state index in [1.807, 2.05) is 44.2 Å². The molecule has 0 fully saturated rings. The zero-order valence-electron chi connectivity index (χ0n) is 18.7. The van der Waals surface area contributed by atoms with Crippen LogP contribution in [-0.4, -0.2) is 46.0 Å². The van der Waals surface area contributed by atoms with Crippen LogP contribution in [-0.2, 0) is 35.2 Å². The minimum Gasteiger partial charge on any atom is -0.464 e. The fourth-order valence-electron chi connectivity index (χ4n) is 2.57. The van der Waals surface area contributed by atoms with Crippen molar-refractivity contribution in [2.24, 2.45) is 16.4 Å². The molecule has 0 aliphatic heterocycles. The number of rotatable bonds is 15. The molecule has 0 saturated carbocycles. The van der Waals surface area contributed by atoms with Crippen molar-refractivity contribution in [3.05, 3.63) is 46.3 Å². The Kier molecular flexibility index (Phi) is 11.6. The maximum absolute atomic E-state index is 12.8. The van der Waals surface area contributed by atoms with Gasteiger partial charge in [-0.15, -0.1) is 0 Å². The number of carbonyl (C=O) groups excluding carboxylic acids is 1. The van der Waals surface area contributed by atoms with Gasteiger partial charge < -0.3 is 9.47 Å². The second-order valence-electron chi connectivity index (χ2n) is 8.35. The topological polar surface area (TPSA) is 128 Å². The molecule has 1 aromatic rings. The third kappa shape index (κ3) is 11.2. The van der Waals surface area contributed by atoms with E-state index in [9.17, 15) is 13.2 Å². The van der Waals surface area contributed by atoms with Crippen LogP contribution in [0.4, 0.5) is 0 Å². The summed E-state index contributed by atoms with van der Waals surface area (Å²) in [6.45, 7) is 7.69. The Morgan fingerprint density at radius 2 is 1.90 bits per heavy atom. The van der Waals surface area contributed by atoms with Gasteiger partial charge in [0.1, 0.15) is 0 Å².